The molecule has 0 fully saturated rings. The number of nitrogens with zero attached hydrogens (tertiary/aromatic N) is 3. The maximum absolute atomic E-state index is 5.83. The van der Waals surface area contributed by atoms with Gasteiger partial charge >= 0.3 is 0 Å². The van der Waals surface area contributed by atoms with Crippen LogP contribution in [0.25, 0.3) is 11.0 Å². The molecule has 0 saturated carbocycles. The first-order chi connectivity index (χ1) is 9.28. The number of nitrogen functional groups attached to an aromatic ring is 1. The van der Waals surface area contributed by atoms with Crippen molar-refractivity contribution in [3.8, 4) is 5.75 Å². The number of benzene rings is 1. The summed E-state index contributed by atoms with van der Waals surface area (Å²) < 4.78 is 5.11. The third-order valence-electron chi connectivity index (χ3n) is 2.74. The van der Waals surface area contributed by atoms with Crippen molar-refractivity contribution in [3.05, 3.63) is 30.6 Å². The van der Waals surface area contributed by atoms with Crippen LogP contribution in [-0.2, 0) is 0 Å². The summed E-state index contributed by atoms with van der Waals surface area (Å²) in [6.45, 7) is 0. The highest BCUT2D eigenvalue weighted by molar-refractivity contribution is 5.96. The quantitative estimate of drug-likeness (QED) is 0.659. The number of nitrogens with two attached hydrogens (primary N) is 1. The maximum Gasteiger partial charge on any atom is 0.188 e. The van der Waals surface area contributed by atoms with Gasteiger partial charge in [-0.25, -0.2) is 9.97 Å². The Balaban J connectivity index is 1.96. The molecule has 3 rings (SSSR count). The third-order valence-corrected chi connectivity index (χ3v) is 2.74. The van der Waals surface area contributed by atoms with Crippen LogP contribution < -0.4 is 15.8 Å². The van der Waals surface area contributed by atoms with Gasteiger partial charge in [-0.1, -0.05) is 0 Å². The Kier molecular flexibility index (Phi) is 2.64. The molecule has 0 radical (unpaired) electrons. The van der Waals surface area contributed by atoms with Gasteiger partial charge in [0.25, 0.3) is 0 Å². The van der Waals surface area contributed by atoms with Gasteiger partial charge in [-0.2, -0.15) is 5.10 Å². The maximum atomic E-state index is 5.83. The van der Waals surface area contributed by atoms with E-state index in [4.69, 9.17) is 10.5 Å². The predicted octanol–water partition coefficient (Wildman–Crippen LogP) is 1.69. The number of fused-ring (bicyclic) bond motifs is 1. The second kappa shape index (κ2) is 4.45. The highest BCUT2D eigenvalue weighted by Gasteiger charge is 2.10. The fraction of sp³-hybridized carbons (Fsp3) is 0.0833. The molecule has 7 heteroatoms. The first-order valence-corrected chi connectivity index (χ1v) is 5.63. The van der Waals surface area contributed by atoms with Crippen LogP contribution in [0.3, 0.4) is 0 Å². The minimum atomic E-state index is 0.384. The average Bonchev–Trinajstić information content (AvgIpc) is 2.84. The van der Waals surface area contributed by atoms with Crippen LogP contribution in [0.2, 0.25) is 0 Å². The van der Waals surface area contributed by atoms with E-state index in [1.54, 1.807) is 7.11 Å². The number of aromatic nitrogens is 4. The summed E-state index contributed by atoms with van der Waals surface area (Å²) in [5, 5.41) is 10.8. The van der Waals surface area contributed by atoms with E-state index in [2.05, 4.69) is 25.5 Å². The monoisotopic (exact) mass is 256 g/mol. The van der Waals surface area contributed by atoms with Gasteiger partial charge in [-0.05, 0) is 24.3 Å². The molecule has 96 valence electrons. The van der Waals surface area contributed by atoms with Crippen molar-refractivity contribution in [1.29, 1.82) is 0 Å². The highest BCUT2D eigenvalue weighted by Crippen LogP contribution is 2.26. The number of hydrogen-bond donors (Lipinski definition) is 3. The molecular formula is C12H12N6O. The van der Waals surface area contributed by atoms with Crippen LogP contribution in [0, 0.1) is 0 Å². The molecule has 0 unspecified atom stereocenters. The van der Waals surface area contributed by atoms with E-state index in [1.165, 1.54) is 6.33 Å². The molecule has 0 aliphatic carbocycles. The van der Waals surface area contributed by atoms with E-state index >= 15 is 0 Å². The van der Waals surface area contributed by atoms with Gasteiger partial charge in [0.05, 0.1) is 7.11 Å². The summed E-state index contributed by atoms with van der Waals surface area (Å²) >= 11 is 0. The van der Waals surface area contributed by atoms with Gasteiger partial charge in [0.15, 0.2) is 5.65 Å². The van der Waals surface area contributed by atoms with Crippen LogP contribution in [0.1, 0.15) is 0 Å². The Labute approximate surface area is 108 Å². The fourth-order valence-electron chi connectivity index (χ4n) is 1.79. The van der Waals surface area contributed by atoms with Crippen molar-refractivity contribution in [2.24, 2.45) is 0 Å². The summed E-state index contributed by atoms with van der Waals surface area (Å²) in [4.78, 5) is 7.99. The van der Waals surface area contributed by atoms with E-state index in [0.29, 0.717) is 22.7 Å². The predicted molar refractivity (Wildman–Crippen MR) is 72.4 cm³/mol. The zero-order valence-electron chi connectivity index (χ0n) is 10.2. The van der Waals surface area contributed by atoms with Gasteiger partial charge in [0.1, 0.15) is 29.1 Å². The molecule has 4 N–H and O–H groups in total. The summed E-state index contributed by atoms with van der Waals surface area (Å²) in [7, 11) is 1.63. The van der Waals surface area contributed by atoms with Crippen LogP contribution >= 0.6 is 0 Å². The molecular weight excluding hydrogens is 244 g/mol. The van der Waals surface area contributed by atoms with Gasteiger partial charge in [0, 0.05) is 5.69 Å². The van der Waals surface area contributed by atoms with Crippen molar-refractivity contribution in [3.63, 3.8) is 0 Å². The van der Waals surface area contributed by atoms with E-state index in [0.717, 1.165) is 11.4 Å². The standard InChI is InChI=1S/C12H12N6O/c1-19-8-4-2-7(3-5-8)16-12-9-10(13)14-6-15-11(9)17-18-12/h2-6H,1H3,(H4,13,14,15,16,17,18). The number of aromatic amines is 1. The molecule has 2 aromatic heterocycles. The topological polar surface area (TPSA) is 102 Å². The first-order valence-electron chi connectivity index (χ1n) is 5.63. The molecule has 19 heavy (non-hydrogen) atoms. The Hall–Kier alpha value is -2.83. The SMILES string of the molecule is COc1ccc(Nc2[nH]nc3ncnc(N)c23)cc1. The Bertz CT molecular complexity index is 706. The second-order valence-corrected chi connectivity index (χ2v) is 3.91. The molecule has 0 amide bonds. The van der Waals surface area contributed by atoms with E-state index in [1.807, 2.05) is 24.3 Å². The molecule has 0 spiro atoms. The lowest BCUT2D eigenvalue weighted by Crippen LogP contribution is -1.95. The largest absolute Gasteiger partial charge is 0.497 e. The zero-order valence-corrected chi connectivity index (χ0v) is 10.2. The number of anilines is 3. The normalized spacial score (nSPS) is 10.6. The number of H-pyrrole nitrogens is 1. The number of nitrogens with one attached hydrogen (secondary N) is 2. The van der Waals surface area contributed by atoms with Crippen LogP contribution in [-0.4, -0.2) is 27.3 Å². The van der Waals surface area contributed by atoms with E-state index in [9.17, 15) is 0 Å². The minimum Gasteiger partial charge on any atom is -0.497 e. The van der Waals surface area contributed by atoms with Gasteiger partial charge in [-0.15, -0.1) is 0 Å². The number of hydrogen-bond acceptors (Lipinski definition) is 6. The first kappa shape index (κ1) is 11.3. The highest BCUT2D eigenvalue weighted by atomic mass is 16.5. The molecule has 7 nitrogen and oxygen atoms in total. The molecule has 0 aliphatic rings. The van der Waals surface area contributed by atoms with Crippen molar-refractivity contribution >= 4 is 28.4 Å². The van der Waals surface area contributed by atoms with Crippen molar-refractivity contribution in [2.75, 3.05) is 18.2 Å². The second-order valence-electron chi connectivity index (χ2n) is 3.91. The lowest BCUT2D eigenvalue weighted by Gasteiger charge is -2.06. The Morgan fingerprint density at radius 3 is 2.74 bits per heavy atom. The lowest BCUT2D eigenvalue weighted by atomic mass is 10.3. The van der Waals surface area contributed by atoms with Crippen molar-refractivity contribution in [1.82, 2.24) is 20.2 Å². The molecule has 2 heterocycles. The Morgan fingerprint density at radius 2 is 2.00 bits per heavy atom. The summed E-state index contributed by atoms with van der Waals surface area (Å²) in [5.41, 5.74) is 7.24. The van der Waals surface area contributed by atoms with Gasteiger partial charge < -0.3 is 15.8 Å². The molecule has 1 aromatic carbocycles. The molecule has 3 aromatic rings. The molecule has 0 bridgehead atoms. The van der Waals surface area contributed by atoms with Gasteiger partial charge in [-0.3, -0.25) is 5.10 Å². The smallest absolute Gasteiger partial charge is 0.188 e. The number of rotatable bonds is 3. The van der Waals surface area contributed by atoms with Crippen LogP contribution in [0.5, 0.6) is 5.75 Å². The fourth-order valence-corrected chi connectivity index (χ4v) is 1.79. The van der Waals surface area contributed by atoms with Crippen molar-refractivity contribution < 1.29 is 4.74 Å². The number of ether oxygens (including phenoxy) is 1. The van der Waals surface area contributed by atoms with Crippen LogP contribution in [0.15, 0.2) is 30.6 Å². The summed E-state index contributed by atoms with van der Waals surface area (Å²) in [5.74, 6) is 1.84. The zero-order chi connectivity index (χ0) is 13.2. The lowest BCUT2D eigenvalue weighted by molar-refractivity contribution is 0.415. The van der Waals surface area contributed by atoms with Crippen LogP contribution in [0.4, 0.5) is 17.3 Å². The molecule has 0 atom stereocenters. The average molecular weight is 256 g/mol. The molecule has 0 saturated heterocycles. The van der Waals surface area contributed by atoms with E-state index in [-0.39, 0.29) is 0 Å². The number of methoxy groups -OCH3 is 1. The van der Waals surface area contributed by atoms with Gasteiger partial charge in [0.2, 0.25) is 0 Å². The van der Waals surface area contributed by atoms with E-state index < -0.39 is 0 Å². The Morgan fingerprint density at radius 1 is 1.21 bits per heavy atom. The van der Waals surface area contributed by atoms with Crippen molar-refractivity contribution in [2.45, 2.75) is 0 Å². The summed E-state index contributed by atoms with van der Waals surface area (Å²) in [6.07, 6.45) is 1.38. The third kappa shape index (κ3) is 2.01. The summed E-state index contributed by atoms with van der Waals surface area (Å²) in [6, 6.07) is 7.51. The minimum absolute atomic E-state index is 0.384. The molecule has 0 aliphatic heterocycles.